The first kappa shape index (κ1) is 21.2. The van der Waals surface area contributed by atoms with Gasteiger partial charge in [0.1, 0.15) is 0 Å². The van der Waals surface area contributed by atoms with Crippen molar-refractivity contribution >= 4 is 35.6 Å². The smallest absolute Gasteiger partial charge is 0.333 e. The van der Waals surface area contributed by atoms with Crippen LogP contribution in [-0.4, -0.2) is 40.4 Å². The molecule has 2 rings (SSSR count). The Morgan fingerprint density at radius 2 is 1.61 bits per heavy atom. The van der Waals surface area contributed by atoms with Crippen LogP contribution in [0.25, 0.3) is 0 Å². The number of nitrogens with two attached hydrogens (primary N) is 2. The SMILES string of the molecule is C1CCSC1.CCCCC(=O)ON1C(=O)CCC1=O.NC(N)=O. The van der Waals surface area contributed by atoms with Crippen LogP contribution in [0.3, 0.4) is 0 Å². The normalized spacial score (nSPS) is 16.1. The molecule has 2 fully saturated rings. The van der Waals surface area contributed by atoms with Gasteiger partial charge in [0, 0.05) is 19.3 Å². The molecule has 9 heteroatoms. The third-order valence-corrected chi connectivity index (χ3v) is 3.92. The fourth-order valence-corrected chi connectivity index (χ4v) is 2.66. The van der Waals surface area contributed by atoms with Crippen molar-refractivity contribution in [2.45, 2.75) is 51.9 Å². The number of hydrogen-bond donors (Lipinski definition) is 2. The molecule has 132 valence electrons. The van der Waals surface area contributed by atoms with E-state index in [-0.39, 0.29) is 19.3 Å². The molecule has 23 heavy (non-hydrogen) atoms. The minimum Gasteiger partial charge on any atom is -0.352 e. The minimum absolute atomic E-state index is 0.139. The lowest BCUT2D eigenvalue weighted by molar-refractivity contribution is -0.197. The second kappa shape index (κ2) is 12.7. The molecule has 2 heterocycles. The average Bonchev–Trinajstić information content (AvgIpc) is 3.14. The number of urea groups is 1. The van der Waals surface area contributed by atoms with Crippen LogP contribution in [0.15, 0.2) is 0 Å². The highest BCUT2D eigenvalue weighted by Gasteiger charge is 2.32. The highest BCUT2D eigenvalue weighted by molar-refractivity contribution is 7.99. The first-order valence-corrected chi connectivity index (χ1v) is 8.73. The van der Waals surface area contributed by atoms with Crippen LogP contribution in [0.4, 0.5) is 4.79 Å². The Hall–Kier alpha value is -1.77. The first-order chi connectivity index (χ1) is 10.9. The van der Waals surface area contributed by atoms with E-state index < -0.39 is 23.8 Å². The van der Waals surface area contributed by atoms with Gasteiger partial charge in [0.2, 0.25) is 0 Å². The quantitative estimate of drug-likeness (QED) is 0.737. The van der Waals surface area contributed by atoms with Crippen molar-refractivity contribution in [3.8, 4) is 0 Å². The summed E-state index contributed by atoms with van der Waals surface area (Å²) in [5, 5.41) is 0.581. The van der Waals surface area contributed by atoms with Crippen molar-refractivity contribution in [1.29, 1.82) is 0 Å². The zero-order valence-electron chi connectivity index (χ0n) is 13.4. The number of hydrogen-bond acceptors (Lipinski definition) is 6. The van der Waals surface area contributed by atoms with E-state index in [0.717, 1.165) is 6.42 Å². The second-order valence-corrected chi connectivity index (χ2v) is 6.10. The molecule has 2 saturated heterocycles. The molecule has 0 atom stereocenters. The van der Waals surface area contributed by atoms with Gasteiger partial charge < -0.3 is 16.3 Å². The lowest BCUT2D eigenvalue weighted by atomic mass is 10.3. The number of nitrogens with zero attached hydrogens (tertiary/aromatic N) is 1. The van der Waals surface area contributed by atoms with E-state index in [1.807, 2.05) is 6.92 Å². The Bertz CT molecular complexity index is 386. The molecule has 0 unspecified atom stereocenters. The third-order valence-electron chi connectivity index (χ3n) is 2.76. The number of carbonyl (C=O) groups excluding carboxylic acids is 4. The molecule has 2 aliphatic rings. The summed E-state index contributed by atoms with van der Waals surface area (Å²) in [5.41, 5.74) is 8.50. The van der Waals surface area contributed by atoms with Gasteiger partial charge in [0.15, 0.2) is 0 Å². The van der Waals surface area contributed by atoms with Gasteiger partial charge in [-0.25, -0.2) is 9.59 Å². The molecule has 0 aromatic carbocycles. The van der Waals surface area contributed by atoms with E-state index in [4.69, 9.17) is 4.79 Å². The lowest BCUT2D eigenvalue weighted by Crippen LogP contribution is -2.31. The van der Waals surface area contributed by atoms with Crippen molar-refractivity contribution < 1.29 is 24.0 Å². The molecule has 4 N–H and O–H groups in total. The molecule has 0 spiro atoms. The summed E-state index contributed by atoms with van der Waals surface area (Å²) in [6.07, 6.45) is 5.02. The maximum atomic E-state index is 11.1. The summed E-state index contributed by atoms with van der Waals surface area (Å²) in [6, 6.07) is -0.833. The summed E-state index contributed by atoms with van der Waals surface area (Å²) in [6.45, 7) is 1.94. The zero-order valence-corrected chi connectivity index (χ0v) is 14.2. The maximum Gasteiger partial charge on any atom is 0.333 e. The van der Waals surface area contributed by atoms with Crippen molar-refractivity contribution in [3.05, 3.63) is 0 Å². The molecule has 0 aromatic heterocycles. The fraction of sp³-hybridized carbons (Fsp3) is 0.714. The van der Waals surface area contributed by atoms with Gasteiger partial charge in [-0.2, -0.15) is 11.8 Å². The Labute approximate surface area is 140 Å². The standard InChI is InChI=1S/C9H13NO4.C4H8S.CH4N2O/c1-2-3-4-9(13)14-10-7(11)5-6-8(10)12;1-2-4-5-3-1;2-1(3)4/h2-6H2,1H3;1-4H2;(H4,2,3,4). The predicted molar refractivity (Wildman–Crippen MR) is 87.0 cm³/mol. The molecular formula is C14H25N3O5S. The van der Waals surface area contributed by atoms with Crippen molar-refractivity contribution in [2.24, 2.45) is 11.5 Å². The second-order valence-electron chi connectivity index (χ2n) is 4.87. The van der Waals surface area contributed by atoms with E-state index >= 15 is 0 Å². The Morgan fingerprint density at radius 1 is 1.13 bits per heavy atom. The number of unbranched alkanes of at least 4 members (excludes halogenated alkanes) is 1. The number of amides is 4. The van der Waals surface area contributed by atoms with E-state index in [0.29, 0.717) is 11.5 Å². The summed E-state index contributed by atoms with van der Waals surface area (Å²) in [7, 11) is 0. The first-order valence-electron chi connectivity index (χ1n) is 7.57. The van der Waals surface area contributed by atoms with Gasteiger partial charge >= 0.3 is 12.0 Å². The van der Waals surface area contributed by atoms with Crippen LogP contribution < -0.4 is 11.5 Å². The summed E-state index contributed by atoms with van der Waals surface area (Å²) in [5.74, 6) is 1.45. The highest BCUT2D eigenvalue weighted by atomic mass is 32.2. The van der Waals surface area contributed by atoms with E-state index in [2.05, 4.69) is 28.1 Å². The Balaban J connectivity index is 0.000000438. The van der Waals surface area contributed by atoms with Crippen LogP contribution in [0, 0.1) is 0 Å². The topological polar surface area (TPSA) is 133 Å². The zero-order chi connectivity index (χ0) is 17.7. The Kier molecular flexibility index (Phi) is 11.8. The van der Waals surface area contributed by atoms with E-state index in [1.165, 1.54) is 24.3 Å². The lowest BCUT2D eigenvalue weighted by Gasteiger charge is -2.11. The molecular weight excluding hydrogens is 322 g/mol. The van der Waals surface area contributed by atoms with Crippen molar-refractivity contribution in [3.63, 3.8) is 0 Å². The van der Waals surface area contributed by atoms with Gasteiger partial charge in [0.05, 0.1) is 0 Å². The molecule has 0 saturated carbocycles. The largest absolute Gasteiger partial charge is 0.352 e. The number of rotatable bonds is 4. The van der Waals surface area contributed by atoms with Crippen LogP contribution in [0.1, 0.15) is 51.9 Å². The summed E-state index contributed by atoms with van der Waals surface area (Å²) in [4.78, 5) is 46.8. The molecule has 8 nitrogen and oxygen atoms in total. The van der Waals surface area contributed by atoms with Crippen LogP contribution in [0.5, 0.6) is 0 Å². The van der Waals surface area contributed by atoms with Crippen molar-refractivity contribution in [1.82, 2.24) is 5.06 Å². The van der Waals surface area contributed by atoms with Gasteiger partial charge in [-0.1, -0.05) is 13.3 Å². The molecule has 0 aliphatic carbocycles. The molecule has 4 amide bonds. The third kappa shape index (κ3) is 11.5. The highest BCUT2D eigenvalue weighted by Crippen LogP contribution is 2.15. The van der Waals surface area contributed by atoms with Crippen LogP contribution in [-0.2, 0) is 19.2 Å². The summed E-state index contributed by atoms with van der Waals surface area (Å²) >= 11 is 2.07. The molecule has 0 aromatic rings. The molecule has 0 bridgehead atoms. The van der Waals surface area contributed by atoms with Crippen LogP contribution in [0.2, 0.25) is 0 Å². The fourth-order valence-electron chi connectivity index (χ4n) is 1.64. The van der Waals surface area contributed by atoms with Gasteiger partial charge in [0.25, 0.3) is 11.8 Å². The van der Waals surface area contributed by atoms with Gasteiger partial charge in [-0.05, 0) is 30.8 Å². The number of primary amides is 2. The number of imide groups is 1. The summed E-state index contributed by atoms with van der Waals surface area (Å²) < 4.78 is 0. The number of carbonyl (C=O) groups is 4. The number of hydroxylamine groups is 2. The average molecular weight is 347 g/mol. The molecule has 0 radical (unpaired) electrons. The Morgan fingerprint density at radius 3 is 1.96 bits per heavy atom. The van der Waals surface area contributed by atoms with Crippen molar-refractivity contribution in [2.75, 3.05) is 11.5 Å². The predicted octanol–water partition coefficient (Wildman–Crippen LogP) is 1.32. The number of thioether (sulfide) groups is 1. The van der Waals surface area contributed by atoms with Gasteiger partial charge in [-0.3, -0.25) is 9.59 Å². The molecule has 2 aliphatic heterocycles. The maximum absolute atomic E-state index is 11.1. The van der Waals surface area contributed by atoms with E-state index in [1.54, 1.807) is 0 Å². The monoisotopic (exact) mass is 347 g/mol. The van der Waals surface area contributed by atoms with E-state index in [9.17, 15) is 14.4 Å². The minimum atomic E-state index is -0.833. The van der Waals surface area contributed by atoms with Gasteiger partial charge in [-0.15, -0.1) is 5.06 Å². The van der Waals surface area contributed by atoms with Crippen LogP contribution >= 0.6 is 11.8 Å².